The van der Waals surface area contributed by atoms with Gasteiger partial charge >= 0.3 is 0 Å². The van der Waals surface area contributed by atoms with Crippen molar-refractivity contribution in [3.63, 3.8) is 0 Å². The number of nitrogens with one attached hydrogen (secondary N) is 2. The first kappa shape index (κ1) is 14.7. The van der Waals surface area contributed by atoms with Crippen molar-refractivity contribution in [1.29, 1.82) is 0 Å². The molecular formula is C16H15FN2O2. The summed E-state index contributed by atoms with van der Waals surface area (Å²) in [5.74, 6) is -0.885. The predicted octanol–water partition coefficient (Wildman–Crippen LogP) is 3.34. The Labute approximate surface area is 122 Å². The van der Waals surface area contributed by atoms with E-state index in [1.54, 1.807) is 43.3 Å². The van der Waals surface area contributed by atoms with Gasteiger partial charge in [0.15, 0.2) is 0 Å². The van der Waals surface area contributed by atoms with Crippen LogP contribution in [0, 0.1) is 12.7 Å². The van der Waals surface area contributed by atoms with E-state index in [0.717, 1.165) is 0 Å². The fourth-order valence-corrected chi connectivity index (χ4v) is 1.78. The lowest BCUT2D eigenvalue weighted by Crippen LogP contribution is -2.12. The molecule has 5 heteroatoms. The van der Waals surface area contributed by atoms with Crippen molar-refractivity contribution in [2.24, 2.45) is 0 Å². The molecule has 2 amide bonds. The minimum atomic E-state index is -0.367. The van der Waals surface area contributed by atoms with E-state index >= 15 is 0 Å². The fraction of sp³-hybridized carbons (Fsp3) is 0.125. The standard InChI is InChI=1S/C16H15FN2O2/c1-10-3-6-14(9-15(10)17)19-16(21)12-4-7-13(8-5-12)18-11(2)20/h3-9H,1-2H3,(H,18,20)(H,19,21). The van der Waals surface area contributed by atoms with Gasteiger partial charge in [-0.05, 0) is 48.9 Å². The van der Waals surface area contributed by atoms with Crippen LogP contribution in [0.25, 0.3) is 0 Å². The fourth-order valence-electron chi connectivity index (χ4n) is 1.78. The van der Waals surface area contributed by atoms with Crippen LogP contribution in [0.1, 0.15) is 22.8 Å². The van der Waals surface area contributed by atoms with Crippen molar-refractivity contribution in [3.05, 3.63) is 59.4 Å². The summed E-state index contributed by atoms with van der Waals surface area (Å²) in [4.78, 5) is 22.9. The predicted molar refractivity (Wildman–Crippen MR) is 79.8 cm³/mol. The molecule has 0 aliphatic carbocycles. The summed E-state index contributed by atoms with van der Waals surface area (Å²) in [7, 11) is 0. The van der Waals surface area contributed by atoms with Gasteiger partial charge in [0.25, 0.3) is 5.91 Å². The van der Waals surface area contributed by atoms with E-state index in [1.165, 1.54) is 13.0 Å². The van der Waals surface area contributed by atoms with Gasteiger partial charge in [-0.2, -0.15) is 0 Å². The topological polar surface area (TPSA) is 58.2 Å². The minimum absolute atomic E-state index is 0.178. The lowest BCUT2D eigenvalue weighted by molar-refractivity contribution is -0.114. The molecule has 4 nitrogen and oxygen atoms in total. The number of aryl methyl sites for hydroxylation is 1. The van der Waals surface area contributed by atoms with E-state index in [-0.39, 0.29) is 17.6 Å². The van der Waals surface area contributed by atoms with Gasteiger partial charge in [-0.25, -0.2) is 4.39 Å². The highest BCUT2D eigenvalue weighted by Gasteiger charge is 2.07. The Bertz CT molecular complexity index is 681. The first-order valence-electron chi connectivity index (χ1n) is 6.41. The Balaban J connectivity index is 2.09. The molecule has 0 fully saturated rings. The van der Waals surface area contributed by atoms with E-state index in [0.29, 0.717) is 22.5 Å². The molecular weight excluding hydrogens is 271 g/mol. The summed E-state index contributed by atoms with van der Waals surface area (Å²) in [5, 5.41) is 5.23. The maximum absolute atomic E-state index is 13.4. The molecule has 0 aliphatic rings. The lowest BCUT2D eigenvalue weighted by atomic mass is 10.1. The molecule has 0 atom stereocenters. The summed E-state index contributed by atoms with van der Waals surface area (Å²) in [6.45, 7) is 3.06. The molecule has 2 aromatic rings. The number of amides is 2. The van der Waals surface area contributed by atoms with E-state index in [9.17, 15) is 14.0 Å². The average molecular weight is 286 g/mol. The van der Waals surface area contributed by atoms with Crippen molar-refractivity contribution in [2.45, 2.75) is 13.8 Å². The monoisotopic (exact) mass is 286 g/mol. The van der Waals surface area contributed by atoms with Crippen molar-refractivity contribution in [1.82, 2.24) is 0 Å². The summed E-state index contributed by atoms with van der Waals surface area (Å²) < 4.78 is 13.4. The second-order valence-corrected chi connectivity index (χ2v) is 4.68. The van der Waals surface area contributed by atoms with Crippen molar-refractivity contribution in [2.75, 3.05) is 10.6 Å². The van der Waals surface area contributed by atoms with Crippen molar-refractivity contribution in [3.8, 4) is 0 Å². The molecule has 2 N–H and O–H groups in total. The molecule has 0 saturated carbocycles. The Hall–Kier alpha value is -2.69. The molecule has 0 saturated heterocycles. The second kappa shape index (κ2) is 6.17. The SMILES string of the molecule is CC(=O)Nc1ccc(C(=O)Nc2ccc(C)c(F)c2)cc1. The van der Waals surface area contributed by atoms with E-state index in [2.05, 4.69) is 10.6 Å². The molecule has 0 unspecified atom stereocenters. The maximum Gasteiger partial charge on any atom is 0.255 e. The van der Waals surface area contributed by atoms with Crippen LogP contribution >= 0.6 is 0 Å². The summed E-state index contributed by atoms with van der Waals surface area (Å²) in [5.41, 5.74) is 1.95. The van der Waals surface area contributed by atoms with Gasteiger partial charge in [0.1, 0.15) is 5.82 Å². The molecule has 2 aromatic carbocycles. The van der Waals surface area contributed by atoms with Gasteiger partial charge in [-0.3, -0.25) is 9.59 Å². The molecule has 0 spiro atoms. The number of halogens is 1. The Morgan fingerprint density at radius 2 is 1.57 bits per heavy atom. The average Bonchev–Trinajstić information content (AvgIpc) is 2.43. The normalized spacial score (nSPS) is 10.0. The third-order valence-electron chi connectivity index (χ3n) is 2.90. The van der Waals surface area contributed by atoms with E-state index in [1.807, 2.05) is 0 Å². The van der Waals surface area contributed by atoms with E-state index < -0.39 is 0 Å². The highest BCUT2D eigenvalue weighted by Crippen LogP contribution is 2.15. The van der Waals surface area contributed by atoms with Gasteiger partial charge in [-0.1, -0.05) is 6.07 Å². The minimum Gasteiger partial charge on any atom is -0.326 e. The van der Waals surface area contributed by atoms with Crippen LogP contribution in [0.15, 0.2) is 42.5 Å². The number of hydrogen-bond donors (Lipinski definition) is 2. The van der Waals surface area contributed by atoms with Crippen molar-refractivity contribution >= 4 is 23.2 Å². The van der Waals surface area contributed by atoms with Crippen LogP contribution < -0.4 is 10.6 Å². The molecule has 21 heavy (non-hydrogen) atoms. The number of carbonyl (C=O) groups excluding carboxylic acids is 2. The second-order valence-electron chi connectivity index (χ2n) is 4.68. The van der Waals surface area contributed by atoms with Gasteiger partial charge < -0.3 is 10.6 Å². The summed E-state index contributed by atoms with van der Waals surface area (Å²) >= 11 is 0. The summed E-state index contributed by atoms with van der Waals surface area (Å²) in [6, 6.07) is 11.0. The van der Waals surface area contributed by atoms with Crippen molar-refractivity contribution < 1.29 is 14.0 Å². The zero-order valence-corrected chi connectivity index (χ0v) is 11.7. The molecule has 2 rings (SSSR count). The first-order valence-corrected chi connectivity index (χ1v) is 6.41. The zero-order chi connectivity index (χ0) is 15.4. The number of hydrogen-bond acceptors (Lipinski definition) is 2. The highest BCUT2D eigenvalue weighted by atomic mass is 19.1. The van der Waals surface area contributed by atoms with Crippen LogP contribution in [0.2, 0.25) is 0 Å². The molecule has 0 bridgehead atoms. The quantitative estimate of drug-likeness (QED) is 0.909. The third kappa shape index (κ3) is 3.89. The largest absolute Gasteiger partial charge is 0.326 e. The number of carbonyl (C=O) groups is 2. The van der Waals surface area contributed by atoms with Gasteiger partial charge in [0.05, 0.1) is 0 Å². The number of anilines is 2. The Morgan fingerprint density at radius 1 is 0.952 bits per heavy atom. The smallest absolute Gasteiger partial charge is 0.255 e. The highest BCUT2D eigenvalue weighted by molar-refractivity contribution is 6.04. The molecule has 0 radical (unpaired) electrons. The third-order valence-corrected chi connectivity index (χ3v) is 2.90. The number of benzene rings is 2. The first-order chi connectivity index (χ1) is 9.95. The van der Waals surface area contributed by atoms with Gasteiger partial charge in [0, 0.05) is 23.9 Å². The maximum atomic E-state index is 13.4. The molecule has 108 valence electrons. The molecule has 0 aromatic heterocycles. The summed E-state index contributed by atoms with van der Waals surface area (Å²) in [6.07, 6.45) is 0. The molecule has 0 aliphatic heterocycles. The van der Waals surface area contributed by atoms with Gasteiger partial charge in [0.2, 0.25) is 5.91 Å². The molecule has 0 heterocycles. The van der Waals surface area contributed by atoms with Crippen LogP contribution in [-0.2, 0) is 4.79 Å². The number of rotatable bonds is 3. The van der Waals surface area contributed by atoms with Crippen LogP contribution in [-0.4, -0.2) is 11.8 Å². The zero-order valence-electron chi connectivity index (χ0n) is 11.7. The lowest BCUT2D eigenvalue weighted by Gasteiger charge is -2.07. The van der Waals surface area contributed by atoms with Crippen LogP contribution in [0.3, 0.4) is 0 Å². The van der Waals surface area contributed by atoms with Gasteiger partial charge in [-0.15, -0.1) is 0 Å². The van der Waals surface area contributed by atoms with E-state index in [4.69, 9.17) is 0 Å². The Morgan fingerprint density at radius 3 is 2.14 bits per heavy atom. The van der Waals surface area contributed by atoms with Crippen LogP contribution in [0.5, 0.6) is 0 Å². The Kier molecular flexibility index (Phi) is 4.33. The van der Waals surface area contributed by atoms with Crippen LogP contribution in [0.4, 0.5) is 15.8 Å².